The fourth-order valence-electron chi connectivity index (χ4n) is 3.91. The maximum Gasteiger partial charge on any atom is 0.416 e. The zero-order valence-electron chi connectivity index (χ0n) is 16.5. The van der Waals surface area contributed by atoms with Gasteiger partial charge < -0.3 is 10.0 Å². The monoisotopic (exact) mass is 406 g/mol. The van der Waals surface area contributed by atoms with E-state index in [-0.39, 0.29) is 0 Å². The summed E-state index contributed by atoms with van der Waals surface area (Å²) in [6.45, 7) is 0.581. The first kappa shape index (κ1) is 21.2. The summed E-state index contributed by atoms with van der Waals surface area (Å²) in [5.41, 5.74) is 1.80. The van der Waals surface area contributed by atoms with Gasteiger partial charge in [0, 0.05) is 19.8 Å². The number of carboxylic acid groups (broad SMARTS) is 1. The molecule has 156 valence electrons. The zero-order valence-corrected chi connectivity index (χ0v) is 16.5. The maximum atomic E-state index is 13.0. The van der Waals surface area contributed by atoms with Crippen LogP contribution < -0.4 is 4.90 Å². The average Bonchev–Trinajstić information content (AvgIpc) is 2.68. The van der Waals surface area contributed by atoms with Crippen LogP contribution in [0.4, 0.5) is 18.9 Å². The van der Waals surface area contributed by atoms with Crippen LogP contribution >= 0.6 is 0 Å². The van der Waals surface area contributed by atoms with Gasteiger partial charge in [-0.2, -0.15) is 13.2 Å². The summed E-state index contributed by atoms with van der Waals surface area (Å²) >= 11 is 0. The van der Waals surface area contributed by atoms with E-state index in [0.717, 1.165) is 36.2 Å². The molecule has 0 bridgehead atoms. The Bertz CT molecular complexity index is 833. The van der Waals surface area contributed by atoms with Crippen molar-refractivity contribution in [1.29, 1.82) is 0 Å². The van der Waals surface area contributed by atoms with Gasteiger partial charge in [-0.15, -0.1) is 0 Å². The third-order valence-electron chi connectivity index (χ3n) is 5.44. The van der Waals surface area contributed by atoms with Crippen LogP contribution in [0.25, 0.3) is 0 Å². The molecular weight excluding hydrogens is 381 g/mol. The number of likely N-dealkylation sites (tertiary alicyclic amines) is 1. The molecule has 0 radical (unpaired) electrons. The first-order valence-electron chi connectivity index (χ1n) is 9.61. The minimum absolute atomic E-state index is 0.421. The molecule has 29 heavy (non-hydrogen) atoms. The SMILES string of the molecule is CN(C)c1ccc(C(c2ccc(C(F)(F)F)cc2)N2CCCCC2C(=O)O)cc1. The van der Waals surface area contributed by atoms with Crippen LogP contribution in [0.15, 0.2) is 48.5 Å². The molecule has 0 amide bonds. The van der Waals surface area contributed by atoms with Crippen molar-refractivity contribution >= 4 is 11.7 Å². The number of alkyl halides is 3. The van der Waals surface area contributed by atoms with Crippen molar-refractivity contribution < 1.29 is 23.1 Å². The topological polar surface area (TPSA) is 43.8 Å². The van der Waals surface area contributed by atoms with Crippen LogP contribution in [0.5, 0.6) is 0 Å². The molecule has 1 aliphatic rings. The van der Waals surface area contributed by atoms with E-state index in [1.54, 1.807) is 0 Å². The summed E-state index contributed by atoms with van der Waals surface area (Å²) < 4.78 is 39.0. The zero-order chi connectivity index (χ0) is 21.2. The van der Waals surface area contributed by atoms with Crippen molar-refractivity contribution in [2.45, 2.75) is 37.5 Å². The summed E-state index contributed by atoms with van der Waals surface area (Å²) in [5, 5.41) is 9.72. The third kappa shape index (κ3) is 4.72. The maximum absolute atomic E-state index is 13.0. The highest BCUT2D eigenvalue weighted by atomic mass is 19.4. The van der Waals surface area contributed by atoms with E-state index in [1.165, 1.54) is 12.1 Å². The van der Waals surface area contributed by atoms with E-state index < -0.39 is 29.8 Å². The number of rotatable bonds is 5. The molecule has 0 aromatic heterocycles. The number of hydrogen-bond acceptors (Lipinski definition) is 3. The van der Waals surface area contributed by atoms with Crippen molar-refractivity contribution in [1.82, 2.24) is 4.90 Å². The first-order valence-corrected chi connectivity index (χ1v) is 9.61. The molecule has 1 heterocycles. The molecular formula is C22H25F3N2O2. The fraction of sp³-hybridized carbons (Fsp3) is 0.409. The average molecular weight is 406 g/mol. The van der Waals surface area contributed by atoms with Gasteiger partial charge in [-0.3, -0.25) is 9.69 Å². The molecule has 1 N–H and O–H groups in total. The molecule has 0 aliphatic carbocycles. The quantitative estimate of drug-likeness (QED) is 0.775. The molecule has 1 aliphatic heterocycles. The summed E-state index contributed by atoms with van der Waals surface area (Å²) in [6, 6.07) is 11.7. The van der Waals surface area contributed by atoms with Gasteiger partial charge in [-0.25, -0.2) is 0 Å². The summed E-state index contributed by atoms with van der Waals surface area (Å²) in [4.78, 5) is 15.7. The van der Waals surface area contributed by atoms with Crippen LogP contribution in [0, 0.1) is 0 Å². The minimum Gasteiger partial charge on any atom is -0.480 e. The van der Waals surface area contributed by atoms with E-state index in [4.69, 9.17) is 0 Å². The summed E-state index contributed by atoms with van der Waals surface area (Å²) in [6.07, 6.45) is -2.19. The van der Waals surface area contributed by atoms with Crippen molar-refractivity contribution in [2.24, 2.45) is 0 Å². The van der Waals surface area contributed by atoms with Crippen molar-refractivity contribution in [2.75, 3.05) is 25.5 Å². The summed E-state index contributed by atoms with van der Waals surface area (Å²) in [7, 11) is 3.85. The lowest BCUT2D eigenvalue weighted by molar-refractivity contribution is -0.145. The second kappa shape index (κ2) is 8.45. The van der Waals surface area contributed by atoms with E-state index in [2.05, 4.69) is 0 Å². The highest BCUT2D eigenvalue weighted by molar-refractivity contribution is 5.73. The Balaban J connectivity index is 2.04. The Morgan fingerprint density at radius 3 is 2.07 bits per heavy atom. The Morgan fingerprint density at radius 1 is 1.03 bits per heavy atom. The molecule has 0 spiro atoms. The van der Waals surface area contributed by atoms with Gasteiger partial charge in [0.15, 0.2) is 0 Å². The molecule has 7 heteroatoms. The molecule has 1 fully saturated rings. The van der Waals surface area contributed by atoms with E-state index in [1.807, 2.05) is 48.2 Å². The van der Waals surface area contributed by atoms with Crippen LogP contribution in [-0.2, 0) is 11.0 Å². The van der Waals surface area contributed by atoms with Crippen LogP contribution in [-0.4, -0.2) is 42.7 Å². The molecule has 2 atom stereocenters. The van der Waals surface area contributed by atoms with Gasteiger partial charge in [-0.05, 0) is 54.8 Å². The Labute approximate surface area is 168 Å². The van der Waals surface area contributed by atoms with Gasteiger partial charge >= 0.3 is 12.1 Å². The second-order valence-electron chi connectivity index (χ2n) is 7.60. The number of hydrogen-bond donors (Lipinski definition) is 1. The van der Waals surface area contributed by atoms with Crippen LogP contribution in [0.1, 0.15) is 42.0 Å². The number of carboxylic acids is 1. The number of aliphatic carboxylic acids is 1. The van der Waals surface area contributed by atoms with Crippen LogP contribution in [0.3, 0.4) is 0 Å². The molecule has 0 saturated carbocycles. The second-order valence-corrected chi connectivity index (χ2v) is 7.60. The van der Waals surface area contributed by atoms with Crippen molar-refractivity contribution in [3.8, 4) is 0 Å². The van der Waals surface area contributed by atoms with Gasteiger partial charge in [0.05, 0.1) is 11.6 Å². The highest BCUT2D eigenvalue weighted by Gasteiger charge is 2.36. The van der Waals surface area contributed by atoms with E-state index >= 15 is 0 Å². The van der Waals surface area contributed by atoms with Crippen molar-refractivity contribution in [3.05, 3.63) is 65.2 Å². The predicted molar refractivity (Wildman–Crippen MR) is 106 cm³/mol. The molecule has 2 unspecified atom stereocenters. The standard InChI is InChI=1S/C22H25F3N2O2/c1-26(2)18-12-8-16(9-13-18)20(27-14-4-3-5-19(27)21(28)29)15-6-10-17(11-7-15)22(23,24)25/h6-13,19-20H,3-5,14H2,1-2H3,(H,28,29). The van der Waals surface area contributed by atoms with E-state index in [0.29, 0.717) is 18.5 Å². The van der Waals surface area contributed by atoms with Crippen LogP contribution in [0.2, 0.25) is 0 Å². The molecule has 2 aromatic carbocycles. The third-order valence-corrected chi connectivity index (χ3v) is 5.44. The molecule has 3 rings (SSSR count). The number of nitrogens with zero attached hydrogens (tertiary/aromatic N) is 2. The summed E-state index contributed by atoms with van der Waals surface area (Å²) in [5.74, 6) is -0.897. The predicted octanol–water partition coefficient (Wildman–Crippen LogP) is 4.80. The number of piperidine rings is 1. The Kier molecular flexibility index (Phi) is 6.17. The van der Waals surface area contributed by atoms with Gasteiger partial charge in [0.2, 0.25) is 0 Å². The fourth-order valence-corrected chi connectivity index (χ4v) is 3.91. The van der Waals surface area contributed by atoms with E-state index in [9.17, 15) is 23.1 Å². The lowest BCUT2D eigenvalue weighted by atomic mass is 9.91. The number of carbonyl (C=O) groups is 1. The number of benzene rings is 2. The number of halogens is 3. The Hall–Kier alpha value is -2.54. The molecule has 2 aromatic rings. The smallest absolute Gasteiger partial charge is 0.416 e. The van der Waals surface area contributed by atoms with Gasteiger partial charge in [-0.1, -0.05) is 30.7 Å². The molecule has 1 saturated heterocycles. The van der Waals surface area contributed by atoms with Crippen molar-refractivity contribution in [3.63, 3.8) is 0 Å². The van der Waals surface area contributed by atoms with Gasteiger partial charge in [0.25, 0.3) is 0 Å². The lowest BCUT2D eigenvalue weighted by Crippen LogP contribution is -2.46. The minimum atomic E-state index is -4.41. The number of anilines is 1. The highest BCUT2D eigenvalue weighted by Crippen LogP contribution is 2.36. The normalized spacial score (nSPS) is 19.0. The first-order chi connectivity index (χ1) is 13.7. The lowest BCUT2D eigenvalue weighted by Gasteiger charge is -2.39. The largest absolute Gasteiger partial charge is 0.480 e. The molecule has 4 nitrogen and oxygen atoms in total. The van der Waals surface area contributed by atoms with Gasteiger partial charge in [0.1, 0.15) is 6.04 Å². The Morgan fingerprint density at radius 2 is 1.59 bits per heavy atom.